The molecule has 0 aromatic heterocycles. The van der Waals surface area contributed by atoms with Crippen molar-refractivity contribution in [1.82, 2.24) is 5.43 Å². The lowest BCUT2D eigenvalue weighted by atomic mass is 10.1. The van der Waals surface area contributed by atoms with Crippen LogP contribution in [0.1, 0.15) is 18.9 Å². The molecule has 1 aromatic carbocycles. The molecule has 5 N–H and O–H groups in total. The van der Waals surface area contributed by atoms with Crippen LogP contribution in [0.15, 0.2) is 24.3 Å². The third-order valence-corrected chi connectivity index (χ3v) is 2.49. The summed E-state index contributed by atoms with van der Waals surface area (Å²) in [5, 5.41) is 14.8. The van der Waals surface area contributed by atoms with Crippen molar-refractivity contribution in [3.05, 3.63) is 29.8 Å². The standard InChI is InChI=1S/C11H18N2O.C2H2O4/c1-9(13-12)3-4-10-5-7-11(14-2)8-6-10;3-1(4)2(5)6/h5-9,13H,3-4,12H2,1-2H3;(H,3,4)(H,5,6). The Morgan fingerprint density at radius 2 is 1.75 bits per heavy atom. The lowest BCUT2D eigenvalue weighted by Crippen LogP contribution is -2.32. The number of hydrazine groups is 1. The zero-order valence-corrected chi connectivity index (χ0v) is 11.5. The Kier molecular flexibility index (Phi) is 8.73. The summed E-state index contributed by atoms with van der Waals surface area (Å²) >= 11 is 0. The molecule has 1 atom stereocenters. The second kappa shape index (κ2) is 9.76. The van der Waals surface area contributed by atoms with Gasteiger partial charge in [-0.05, 0) is 37.5 Å². The molecule has 7 heteroatoms. The van der Waals surface area contributed by atoms with Gasteiger partial charge in [0.25, 0.3) is 0 Å². The fourth-order valence-corrected chi connectivity index (χ4v) is 1.26. The second-order valence-corrected chi connectivity index (χ2v) is 4.06. The fraction of sp³-hybridized carbons (Fsp3) is 0.385. The Bertz CT molecular complexity index is 407. The molecule has 0 radical (unpaired) electrons. The van der Waals surface area contributed by atoms with E-state index in [1.807, 2.05) is 12.1 Å². The van der Waals surface area contributed by atoms with Gasteiger partial charge in [-0.1, -0.05) is 12.1 Å². The number of nitrogens with one attached hydrogen (secondary N) is 1. The van der Waals surface area contributed by atoms with E-state index in [2.05, 4.69) is 24.5 Å². The minimum Gasteiger partial charge on any atom is -0.497 e. The molecule has 1 rings (SSSR count). The van der Waals surface area contributed by atoms with Crippen molar-refractivity contribution in [2.75, 3.05) is 7.11 Å². The molecule has 0 fully saturated rings. The summed E-state index contributed by atoms with van der Waals surface area (Å²) in [7, 11) is 1.68. The van der Waals surface area contributed by atoms with Crippen molar-refractivity contribution in [2.45, 2.75) is 25.8 Å². The van der Waals surface area contributed by atoms with E-state index in [0.717, 1.165) is 18.6 Å². The summed E-state index contributed by atoms with van der Waals surface area (Å²) < 4.78 is 5.08. The third kappa shape index (κ3) is 8.06. The Labute approximate surface area is 117 Å². The Hall–Kier alpha value is -2.12. The van der Waals surface area contributed by atoms with E-state index in [1.165, 1.54) is 5.56 Å². The van der Waals surface area contributed by atoms with Gasteiger partial charge in [-0.3, -0.25) is 11.3 Å². The Balaban J connectivity index is 0.000000511. The zero-order valence-electron chi connectivity index (χ0n) is 11.5. The maximum absolute atomic E-state index is 9.10. The van der Waals surface area contributed by atoms with Crippen LogP contribution in [-0.2, 0) is 16.0 Å². The molecule has 0 heterocycles. The number of carboxylic acid groups (broad SMARTS) is 2. The molecule has 0 aliphatic carbocycles. The number of nitrogens with two attached hydrogens (primary N) is 1. The van der Waals surface area contributed by atoms with E-state index < -0.39 is 11.9 Å². The first-order chi connectivity index (χ1) is 9.40. The van der Waals surface area contributed by atoms with E-state index in [0.29, 0.717) is 6.04 Å². The molecule has 1 unspecified atom stereocenters. The number of aliphatic carboxylic acids is 2. The van der Waals surface area contributed by atoms with Crippen molar-refractivity contribution in [2.24, 2.45) is 5.84 Å². The van der Waals surface area contributed by atoms with Gasteiger partial charge in [-0.25, -0.2) is 9.59 Å². The van der Waals surface area contributed by atoms with Gasteiger partial charge < -0.3 is 14.9 Å². The molecule has 7 nitrogen and oxygen atoms in total. The highest BCUT2D eigenvalue weighted by molar-refractivity contribution is 6.27. The quantitative estimate of drug-likeness (QED) is 0.355. The Morgan fingerprint density at radius 3 is 2.10 bits per heavy atom. The van der Waals surface area contributed by atoms with Gasteiger partial charge in [0.15, 0.2) is 0 Å². The molecule has 0 aliphatic heterocycles. The number of hydrogen-bond acceptors (Lipinski definition) is 5. The van der Waals surface area contributed by atoms with Crippen LogP contribution < -0.4 is 16.0 Å². The van der Waals surface area contributed by atoms with Crippen LogP contribution in [0.2, 0.25) is 0 Å². The van der Waals surface area contributed by atoms with Crippen LogP contribution in [0.5, 0.6) is 5.75 Å². The van der Waals surface area contributed by atoms with E-state index >= 15 is 0 Å². The number of hydrogen-bond donors (Lipinski definition) is 4. The monoisotopic (exact) mass is 284 g/mol. The summed E-state index contributed by atoms with van der Waals surface area (Å²) in [4.78, 5) is 18.2. The highest BCUT2D eigenvalue weighted by atomic mass is 16.5. The largest absolute Gasteiger partial charge is 0.497 e. The summed E-state index contributed by atoms with van der Waals surface area (Å²) in [5.74, 6) is 2.57. The molecule has 20 heavy (non-hydrogen) atoms. The predicted octanol–water partition coefficient (Wildman–Crippen LogP) is 0.635. The second-order valence-electron chi connectivity index (χ2n) is 4.06. The van der Waals surface area contributed by atoms with Crippen LogP contribution in [0.25, 0.3) is 0 Å². The summed E-state index contributed by atoms with van der Waals surface area (Å²) in [6.07, 6.45) is 2.08. The van der Waals surface area contributed by atoms with Crippen molar-refractivity contribution in [1.29, 1.82) is 0 Å². The van der Waals surface area contributed by atoms with Crippen LogP contribution in [0.3, 0.4) is 0 Å². The van der Waals surface area contributed by atoms with Crippen LogP contribution in [0.4, 0.5) is 0 Å². The van der Waals surface area contributed by atoms with Gasteiger partial charge in [-0.15, -0.1) is 0 Å². The number of rotatable bonds is 5. The minimum atomic E-state index is -1.82. The van der Waals surface area contributed by atoms with Crippen LogP contribution >= 0.6 is 0 Å². The first-order valence-electron chi connectivity index (χ1n) is 5.96. The number of aryl methyl sites for hydroxylation is 1. The highest BCUT2D eigenvalue weighted by Gasteiger charge is 2.04. The number of benzene rings is 1. The lowest BCUT2D eigenvalue weighted by molar-refractivity contribution is -0.159. The lowest BCUT2D eigenvalue weighted by Gasteiger charge is -2.09. The summed E-state index contributed by atoms with van der Waals surface area (Å²) in [5.41, 5.74) is 4.05. The number of carboxylic acids is 2. The summed E-state index contributed by atoms with van der Waals surface area (Å²) in [6, 6.07) is 8.49. The average Bonchev–Trinajstić information content (AvgIpc) is 2.45. The van der Waals surface area contributed by atoms with Crippen LogP contribution in [0, 0.1) is 0 Å². The average molecular weight is 284 g/mol. The predicted molar refractivity (Wildman–Crippen MR) is 73.4 cm³/mol. The third-order valence-electron chi connectivity index (χ3n) is 2.49. The minimum absolute atomic E-state index is 0.358. The smallest absolute Gasteiger partial charge is 0.414 e. The first-order valence-corrected chi connectivity index (χ1v) is 5.96. The molecule has 0 aliphatic rings. The molecular formula is C13H20N2O5. The van der Waals surface area contributed by atoms with E-state index in [-0.39, 0.29) is 0 Å². The fourth-order valence-electron chi connectivity index (χ4n) is 1.26. The topological polar surface area (TPSA) is 122 Å². The van der Waals surface area contributed by atoms with Crippen molar-refractivity contribution >= 4 is 11.9 Å². The van der Waals surface area contributed by atoms with Gasteiger partial charge in [0, 0.05) is 6.04 Å². The van der Waals surface area contributed by atoms with Gasteiger partial charge in [-0.2, -0.15) is 0 Å². The maximum atomic E-state index is 9.10. The normalized spacial score (nSPS) is 10.9. The van der Waals surface area contributed by atoms with Gasteiger partial charge >= 0.3 is 11.9 Å². The molecule has 0 bridgehead atoms. The molecule has 0 saturated heterocycles. The number of methoxy groups -OCH3 is 1. The van der Waals surface area contributed by atoms with Crippen molar-refractivity contribution in [3.63, 3.8) is 0 Å². The van der Waals surface area contributed by atoms with Crippen LogP contribution in [-0.4, -0.2) is 35.3 Å². The molecule has 0 saturated carbocycles. The van der Waals surface area contributed by atoms with Gasteiger partial charge in [0.2, 0.25) is 0 Å². The van der Waals surface area contributed by atoms with E-state index in [4.69, 9.17) is 30.4 Å². The zero-order chi connectivity index (χ0) is 15.5. The first kappa shape index (κ1) is 17.9. The molecule has 0 spiro atoms. The SMILES string of the molecule is COc1ccc(CCC(C)NN)cc1.O=C(O)C(=O)O. The number of ether oxygens (including phenoxy) is 1. The van der Waals surface area contributed by atoms with Crippen molar-refractivity contribution < 1.29 is 24.5 Å². The number of carbonyl (C=O) groups is 2. The maximum Gasteiger partial charge on any atom is 0.414 e. The molecule has 0 amide bonds. The molecule has 112 valence electrons. The van der Waals surface area contributed by atoms with Crippen molar-refractivity contribution in [3.8, 4) is 5.75 Å². The van der Waals surface area contributed by atoms with Gasteiger partial charge in [0.05, 0.1) is 7.11 Å². The van der Waals surface area contributed by atoms with Gasteiger partial charge in [0.1, 0.15) is 5.75 Å². The Morgan fingerprint density at radius 1 is 1.25 bits per heavy atom. The summed E-state index contributed by atoms with van der Waals surface area (Å²) in [6.45, 7) is 2.07. The molecular weight excluding hydrogens is 264 g/mol. The van der Waals surface area contributed by atoms with E-state index in [1.54, 1.807) is 7.11 Å². The molecule has 1 aromatic rings. The van der Waals surface area contributed by atoms with E-state index in [9.17, 15) is 0 Å². The highest BCUT2D eigenvalue weighted by Crippen LogP contribution is 2.12.